The number of hydrogen-bond acceptors (Lipinski definition) is 7. The second-order valence-corrected chi connectivity index (χ2v) is 8.36. The number of ether oxygens (including phenoxy) is 2. The summed E-state index contributed by atoms with van der Waals surface area (Å²) < 4.78 is 12.0. The van der Waals surface area contributed by atoms with E-state index in [2.05, 4.69) is 15.3 Å². The van der Waals surface area contributed by atoms with Gasteiger partial charge in [0, 0.05) is 5.38 Å². The molecule has 0 saturated carbocycles. The summed E-state index contributed by atoms with van der Waals surface area (Å²) in [6.07, 6.45) is 0.189. The minimum atomic E-state index is -0.153. The zero-order valence-electron chi connectivity index (χ0n) is 16.0. The fourth-order valence-electron chi connectivity index (χ4n) is 2.75. The second kappa shape index (κ2) is 8.59. The first-order valence-corrected chi connectivity index (χ1v) is 10.7. The van der Waals surface area contributed by atoms with Gasteiger partial charge < -0.3 is 14.8 Å². The number of benzene rings is 2. The van der Waals surface area contributed by atoms with Gasteiger partial charge in [-0.2, -0.15) is 0 Å². The monoisotopic (exact) mass is 425 g/mol. The van der Waals surface area contributed by atoms with Crippen molar-refractivity contribution in [3.05, 3.63) is 64.1 Å². The van der Waals surface area contributed by atoms with E-state index in [1.807, 2.05) is 54.8 Å². The minimum absolute atomic E-state index is 0.153. The third-order valence-electron chi connectivity index (χ3n) is 4.17. The Balaban J connectivity index is 1.35. The summed E-state index contributed by atoms with van der Waals surface area (Å²) >= 11 is 2.90. The molecule has 2 heterocycles. The standard InChI is InChI=1S/C21H19N3O3S2/c1-13-6-8-15(9-7-13)27-11-19-22-14(12-28-19)10-18(25)23-21-24-20-16(26-2)4-3-5-17(20)29-21/h3-9,12H,10-11H2,1-2H3,(H,23,24,25). The van der Waals surface area contributed by atoms with Crippen molar-refractivity contribution in [3.8, 4) is 11.5 Å². The summed E-state index contributed by atoms with van der Waals surface area (Å²) in [6.45, 7) is 2.42. The summed E-state index contributed by atoms with van der Waals surface area (Å²) in [5.41, 5.74) is 2.65. The lowest BCUT2D eigenvalue weighted by molar-refractivity contribution is -0.115. The first-order chi connectivity index (χ1) is 14.1. The van der Waals surface area contributed by atoms with Gasteiger partial charge in [0.05, 0.1) is 23.9 Å². The molecule has 148 valence electrons. The number of aryl methyl sites for hydroxylation is 1. The number of thiazole rings is 2. The molecule has 0 radical (unpaired) electrons. The van der Waals surface area contributed by atoms with Gasteiger partial charge in [-0.15, -0.1) is 11.3 Å². The van der Waals surface area contributed by atoms with E-state index in [9.17, 15) is 4.79 Å². The van der Waals surface area contributed by atoms with E-state index in [1.165, 1.54) is 28.2 Å². The highest BCUT2D eigenvalue weighted by molar-refractivity contribution is 7.22. The number of rotatable bonds is 7. The molecule has 1 N–H and O–H groups in total. The molecule has 0 fully saturated rings. The van der Waals surface area contributed by atoms with Crippen LogP contribution in [-0.2, 0) is 17.8 Å². The molecule has 1 amide bonds. The number of carbonyl (C=O) groups is 1. The average Bonchev–Trinajstić information content (AvgIpc) is 3.33. The zero-order chi connectivity index (χ0) is 20.2. The van der Waals surface area contributed by atoms with Crippen LogP contribution >= 0.6 is 22.7 Å². The fourth-order valence-corrected chi connectivity index (χ4v) is 4.35. The third kappa shape index (κ3) is 4.72. The SMILES string of the molecule is COc1cccc2sc(NC(=O)Cc3csc(COc4ccc(C)cc4)n3)nc12. The molecular weight excluding hydrogens is 406 g/mol. The van der Waals surface area contributed by atoms with Crippen molar-refractivity contribution in [1.29, 1.82) is 0 Å². The predicted molar refractivity (Wildman–Crippen MR) is 116 cm³/mol. The van der Waals surface area contributed by atoms with Gasteiger partial charge >= 0.3 is 0 Å². The van der Waals surface area contributed by atoms with Crippen LogP contribution in [0.1, 0.15) is 16.3 Å². The molecule has 0 aliphatic rings. The molecule has 0 unspecified atom stereocenters. The van der Waals surface area contributed by atoms with Gasteiger partial charge in [-0.05, 0) is 31.2 Å². The van der Waals surface area contributed by atoms with Crippen molar-refractivity contribution in [2.24, 2.45) is 0 Å². The quantitative estimate of drug-likeness (QED) is 0.459. The Labute approximate surface area is 176 Å². The van der Waals surface area contributed by atoms with Crippen LogP contribution in [0.25, 0.3) is 10.2 Å². The van der Waals surface area contributed by atoms with Crippen LogP contribution in [0.4, 0.5) is 5.13 Å². The van der Waals surface area contributed by atoms with Crippen LogP contribution in [0.5, 0.6) is 11.5 Å². The summed E-state index contributed by atoms with van der Waals surface area (Å²) in [6, 6.07) is 13.6. The number of amides is 1. The number of nitrogens with one attached hydrogen (secondary N) is 1. The maximum atomic E-state index is 12.4. The van der Waals surface area contributed by atoms with Gasteiger partial charge in [0.25, 0.3) is 0 Å². The average molecular weight is 426 g/mol. The van der Waals surface area contributed by atoms with Crippen LogP contribution in [0.15, 0.2) is 47.8 Å². The predicted octanol–water partition coefficient (Wildman–Crippen LogP) is 4.83. The molecule has 0 spiro atoms. The number of para-hydroxylation sites is 1. The third-order valence-corrected chi connectivity index (χ3v) is 5.98. The van der Waals surface area contributed by atoms with Crippen molar-refractivity contribution in [2.45, 2.75) is 20.0 Å². The van der Waals surface area contributed by atoms with Gasteiger partial charge in [0.1, 0.15) is 28.6 Å². The Bertz CT molecular complexity index is 1140. The second-order valence-electron chi connectivity index (χ2n) is 6.39. The highest BCUT2D eigenvalue weighted by Gasteiger charge is 2.13. The highest BCUT2D eigenvalue weighted by atomic mass is 32.1. The van der Waals surface area contributed by atoms with E-state index in [-0.39, 0.29) is 12.3 Å². The van der Waals surface area contributed by atoms with Crippen LogP contribution < -0.4 is 14.8 Å². The van der Waals surface area contributed by atoms with Gasteiger partial charge in [-0.3, -0.25) is 4.79 Å². The molecule has 0 aliphatic carbocycles. The maximum Gasteiger partial charge on any atom is 0.232 e. The Morgan fingerprint density at radius 1 is 1.14 bits per heavy atom. The van der Waals surface area contributed by atoms with Crippen LogP contribution in [0.2, 0.25) is 0 Å². The summed E-state index contributed by atoms with van der Waals surface area (Å²) in [7, 11) is 1.61. The number of anilines is 1. The Hall–Kier alpha value is -2.97. The number of methoxy groups -OCH3 is 1. The molecule has 0 saturated heterocycles. The van der Waals surface area contributed by atoms with E-state index in [0.717, 1.165) is 21.0 Å². The smallest absolute Gasteiger partial charge is 0.232 e. The number of nitrogens with zero attached hydrogens (tertiary/aromatic N) is 2. The molecular formula is C21H19N3O3S2. The van der Waals surface area contributed by atoms with E-state index in [4.69, 9.17) is 9.47 Å². The Morgan fingerprint density at radius 2 is 1.97 bits per heavy atom. The van der Waals surface area contributed by atoms with Crippen LogP contribution in [0.3, 0.4) is 0 Å². The van der Waals surface area contributed by atoms with Gasteiger partial charge in [-0.25, -0.2) is 9.97 Å². The van der Waals surface area contributed by atoms with E-state index in [0.29, 0.717) is 23.2 Å². The largest absolute Gasteiger partial charge is 0.494 e. The molecule has 2 aromatic heterocycles. The first kappa shape index (κ1) is 19.4. The van der Waals surface area contributed by atoms with Crippen molar-refractivity contribution >= 4 is 43.9 Å². The Kier molecular flexibility index (Phi) is 5.73. The van der Waals surface area contributed by atoms with Gasteiger partial charge in [0.15, 0.2) is 5.13 Å². The van der Waals surface area contributed by atoms with Crippen molar-refractivity contribution in [3.63, 3.8) is 0 Å². The summed E-state index contributed by atoms with van der Waals surface area (Å²) in [5, 5.41) is 6.11. The number of hydrogen-bond donors (Lipinski definition) is 1. The van der Waals surface area contributed by atoms with Crippen LogP contribution in [-0.4, -0.2) is 23.0 Å². The van der Waals surface area contributed by atoms with Gasteiger partial charge in [-0.1, -0.05) is 35.1 Å². The molecule has 0 aliphatic heterocycles. The number of aromatic nitrogens is 2. The molecule has 29 heavy (non-hydrogen) atoms. The minimum Gasteiger partial charge on any atom is -0.494 e. The summed E-state index contributed by atoms with van der Waals surface area (Å²) in [5.74, 6) is 1.34. The molecule has 4 rings (SSSR count). The van der Waals surface area contributed by atoms with Gasteiger partial charge in [0.2, 0.25) is 5.91 Å². The van der Waals surface area contributed by atoms with E-state index < -0.39 is 0 Å². The summed E-state index contributed by atoms with van der Waals surface area (Å²) in [4.78, 5) is 21.3. The van der Waals surface area contributed by atoms with E-state index >= 15 is 0 Å². The Morgan fingerprint density at radius 3 is 2.76 bits per heavy atom. The van der Waals surface area contributed by atoms with Crippen molar-refractivity contribution in [2.75, 3.05) is 12.4 Å². The number of carbonyl (C=O) groups excluding carboxylic acids is 1. The molecule has 4 aromatic rings. The molecule has 0 bridgehead atoms. The highest BCUT2D eigenvalue weighted by Crippen LogP contribution is 2.32. The zero-order valence-corrected chi connectivity index (χ0v) is 17.6. The fraction of sp³-hybridized carbons (Fsp3) is 0.190. The number of fused-ring (bicyclic) bond motifs is 1. The molecule has 6 nitrogen and oxygen atoms in total. The molecule has 2 aromatic carbocycles. The topological polar surface area (TPSA) is 73.3 Å². The van der Waals surface area contributed by atoms with Crippen molar-refractivity contribution in [1.82, 2.24) is 9.97 Å². The first-order valence-electron chi connectivity index (χ1n) is 8.97. The maximum absolute atomic E-state index is 12.4. The molecule has 0 atom stereocenters. The lowest BCUT2D eigenvalue weighted by Crippen LogP contribution is -2.14. The van der Waals surface area contributed by atoms with Crippen molar-refractivity contribution < 1.29 is 14.3 Å². The normalized spacial score (nSPS) is 10.8. The lowest BCUT2D eigenvalue weighted by Gasteiger charge is -2.03. The molecule has 8 heteroatoms. The lowest BCUT2D eigenvalue weighted by atomic mass is 10.2. The van der Waals surface area contributed by atoms with Crippen LogP contribution in [0, 0.1) is 6.92 Å². The van der Waals surface area contributed by atoms with E-state index in [1.54, 1.807) is 7.11 Å².